The topological polar surface area (TPSA) is 32.3 Å². The molecule has 0 aliphatic carbocycles. The monoisotopic (exact) mass is 161 g/mol. The van der Waals surface area contributed by atoms with Crippen molar-refractivity contribution in [1.82, 2.24) is 5.32 Å². The zero-order valence-electron chi connectivity index (χ0n) is 6.39. The number of aliphatic hydroxyl groups excluding tert-OH is 1. The molecule has 60 valence electrons. The van der Waals surface area contributed by atoms with E-state index in [4.69, 9.17) is 5.11 Å². The number of thioether (sulfide) groups is 1. The van der Waals surface area contributed by atoms with Gasteiger partial charge in [0.15, 0.2) is 0 Å². The van der Waals surface area contributed by atoms with Crippen molar-refractivity contribution in [2.45, 2.75) is 18.4 Å². The third kappa shape index (κ3) is 1.65. The highest BCUT2D eigenvalue weighted by Crippen LogP contribution is 2.25. The first kappa shape index (κ1) is 8.37. The minimum Gasteiger partial charge on any atom is -0.394 e. The Labute approximate surface area is 66.4 Å². The number of rotatable bonds is 2. The second-order valence-corrected chi connectivity index (χ2v) is 3.95. The summed E-state index contributed by atoms with van der Waals surface area (Å²) in [7, 11) is 1.93. The highest BCUT2D eigenvalue weighted by molar-refractivity contribution is 7.99. The van der Waals surface area contributed by atoms with E-state index in [1.807, 2.05) is 18.8 Å². The van der Waals surface area contributed by atoms with Gasteiger partial charge in [-0.05, 0) is 25.6 Å². The summed E-state index contributed by atoms with van der Waals surface area (Å²) < 4.78 is 0. The van der Waals surface area contributed by atoms with E-state index in [9.17, 15) is 0 Å². The first-order valence-electron chi connectivity index (χ1n) is 3.70. The molecule has 2 N–H and O–H groups in total. The fourth-order valence-electron chi connectivity index (χ4n) is 1.25. The fraction of sp³-hybridized carbons (Fsp3) is 1.00. The summed E-state index contributed by atoms with van der Waals surface area (Å²) in [5.74, 6) is 2.31. The van der Waals surface area contributed by atoms with Crippen LogP contribution < -0.4 is 5.32 Å². The van der Waals surface area contributed by atoms with Crippen LogP contribution in [0.3, 0.4) is 0 Å². The Morgan fingerprint density at radius 2 is 2.50 bits per heavy atom. The van der Waals surface area contributed by atoms with Crippen LogP contribution >= 0.6 is 11.8 Å². The minimum atomic E-state index is 0.0307. The Balaban J connectivity index is 2.44. The van der Waals surface area contributed by atoms with Gasteiger partial charge in [-0.3, -0.25) is 0 Å². The highest BCUT2D eigenvalue weighted by Gasteiger charge is 2.29. The van der Waals surface area contributed by atoms with Crippen molar-refractivity contribution in [2.24, 2.45) is 0 Å². The Kier molecular flexibility index (Phi) is 3.01. The molecule has 1 saturated heterocycles. The number of hydrogen-bond donors (Lipinski definition) is 2. The average Bonchev–Trinajstić information content (AvgIpc) is 2.06. The van der Waals surface area contributed by atoms with Gasteiger partial charge in [0.25, 0.3) is 0 Å². The molecular formula is C7H15NOS. The molecular weight excluding hydrogens is 146 g/mol. The molecule has 0 saturated carbocycles. The Morgan fingerprint density at radius 3 is 2.80 bits per heavy atom. The summed E-state index contributed by atoms with van der Waals surface area (Å²) in [6.45, 7) is 0.274. The van der Waals surface area contributed by atoms with Crippen molar-refractivity contribution >= 4 is 11.8 Å². The van der Waals surface area contributed by atoms with Crippen molar-refractivity contribution in [3.05, 3.63) is 0 Å². The van der Waals surface area contributed by atoms with Crippen LogP contribution in [-0.2, 0) is 0 Å². The second-order valence-electron chi connectivity index (χ2n) is 2.84. The minimum absolute atomic E-state index is 0.0307. The first-order chi connectivity index (χ1) is 4.83. The van der Waals surface area contributed by atoms with Gasteiger partial charge in [0.2, 0.25) is 0 Å². The molecule has 1 fully saturated rings. The average molecular weight is 161 g/mol. The van der Waals surface area contributed by atoms with Gasteiger partial charge in [0.1, 0.15) is 0 Å². The fourth-order valence-corrected chi connectivity index (χ4v) is 2.52. The molecule has 0 amide bonds. The van der Waals surface area contributed by atoms with Gasteiger partial charge in [-0.25, -0.2) is 0 Å². The molecule has 10 heavy (non-hydrogen) atoms. The largest absolute Gasteiger partial charge is 0.394 e. The van der Waals surface area contributed by atoms with Crippen molar-refractivity contribution in [3.8, 4) is 0 Å². The third-order valence-corrected chi connectivity index (χ3v) is 3.49. The van der Waals surface area contributed by atoms with Crippen LogP contribution in [0.4, 0.5) is 0 Å². The lowest BCUT2D eigenvalue weighted by molar-refractivity contribution is 0.174. The van der Waals surface area contributed by atoms with Crippen molar-refractivity contribution < 1.29 is 5.11 Å². The van der Waals surface area contributed by atoms with Gasteiger partial charge in [-0.2, -0.15) is 11.8 Å². The van der Waals surface area contributed by atoms with Crippen LogP contribution in [-0.4, -0.2) is 35.8 Å². The van der Waals surface area contributed by atoms with E-state index >= 15 is 0 Å². The Bertz CT molecular complexity index is 95.8. The van der Waals surface area contributed by atoms with E-state index < -0.39 is 0 Å². The molecule has 3 heteroatoms. The standard InChI is InChI=1S/C7H15NOS/c1-8-7(5-9)3-2-4-10-6-7/h8-9H,2-6H2,1H3. The van der Waals surface area contributed by atoms with Crippen LogP contribution in [0.25, 0.3) is 0 Å². The van der Waals surface area contributed by atoms with Gasteiger partial charge in [0.05, 0.1) is 12.1 Å². The normalized spacial score (nSPS) is 34.2. The maximum atomic E-state index is 9.07. The number of likely N-dealkylation sites (N-methyl/N-ethyl adjacent to an activating group) is 1. The van der Waals surface area contributed by atoms with Crippen LogP contribution in [0.2, 0.25) is 0 Å². The van der Waals surface area contributed by atoms with Gasteiger partial charge < -0.3 is 10.4 Å². The second kappa shape index (κ2) is 3.60. The van der Waals surface area contributed by atoms with E-state index in [2.05, 4.69) is 5.32 Å². The van der Waals surface area contributed by atoms with Crippen LogP contribution in [0.5, 0.6) is 0 Å². The number of aliphatic hydroxyl groups is 1. The van der Waals surface area contributed by atoms with Gasteiger partial charge >= 0.3 is 0 Å². The molecule has 1 aliphatic rings. The van der Waals surface area contributed by atoms with Crippen molar-refractivity contribution in [2.75, 3.05) is 25.2 Å². The summed E-state index contributed by atoms with van der Waals surface area (Å²) in [5.41, 5.74) is 0.0307. The molecule has 0 bridgehead atoms. The summed E-state index contributed by atoms with van der Waals surface area (Å²) in [6, 6.07) is 0. The maximum Gasteiger partial charge on any atom is 0.0621 e. The summed E-state index contributed by atoms with van der Waals surface area (Å²) in [4.78, 5) is 0. The van der Waals surface area contributed by atoms with E-state index in [1.54, 1.807) is 0 Å². The van der Waals surface area contributed by atoms with Gasteiger partial charge in [-0.15, -0.1) is 0 Å². The van der Waals surface area contributed by atoms with Crippen LogP contribution in [0, 0.1) is 0 Å². The van der Waals surface area contributed by atoms with E-state index in [0.29, 0.717) is 0 Å². The van der Waals surface area contributed by atoms with Crippen LogP contribution in [0.15, 0.2) is 0 Å². The van der Waals surface area contributed by atoms with Gasteiger partial charge in [0, 0.05) is 5.75 Å². The molecule has 1 rings (SSSR count). The molecule has 0 aromatic rings. The number of nitrogens with one attached hydrogen (secondary N) is 1. The Morgan fingerprint density at radius 1 is 1.70 bits per heavy atom. The lowest BCUT2D eigenvalue weighted by Gasteiger charge is -2.34. The lowest BCUT2D eigenvalue weighted by Crippen LogP contribution is -2.50. The molecule has 1 aliphatic heterocycles. The van der Waals surface area contributed by atoms with Crippen molar-refractivity contribution in [1.29, 1.82) is 0 Å². The predicted molar refractivity (Wildman–Crippen MR) is 45.4 cm³/mol. The maximum absolute atomic E-state index is 9.07. The van der Waals surface area contributed by atoms with E-state index in [-0.39, 0.29) is 12.1 Å². The number of hydrogen-bond acceptors (Lipinski definition) is 3. The zero-order valence-corrected chi connectivity index (χ0v) is 7.21. The van der Waals surface area contributed by atoms with Crippen molar-refractivity contribution in [3.63, 3.8) is 0 Å². The molecule has 1 atom stereocenters. The molecule has 2 nitrogen and oxygen atoms in total. The first-order valence-corrected chi connectivity index (χ1v) is 4.86. The van der Waals surface area contributed by atoms with Crippen LogP contribution in [0.1, 0.15) is 12.8 Å². The Hall–Kier alpha value is 0.270. The molecule has 0 spiro atoms. The smallest absolute Gasteiger partial charge is 0.0621 e. The zero-order chi connectivity index (χ0) is 7.45. The molecule has 1 heterocycles. The van der Waals surface area contributed by atoms with Gasteiger partial charge in [-0.1, -0.05) is 0 Å². The molecule has 0 radical (unpaired) electrons. The third-order valence-electron chi connectivity index (χ3n) is 2.16. The molecule has 0 aromatic heterocycles. The van der Waals surface area contributed by atoms with E-state index in [1.165, 1.54) is 12.2 Å². The van der Waals surface area contributed by atoms with E-state index in [0.717, 1.165) is 12.2 Å². The highest BCUT2D eigenvalue weighted by atomic mass is 32.2. The molecule has 1 unspecified atom stereocenters. The predicted octanol–water partition coefficient (Wildman–Crippen LogP) is 0.464. The SMILES string of the molecule is CNC1(CO)CCCSC1. The quantitative estimate of drug-likeness (QED) is 0.617. The molecule has 0 aromatic carbocycles. The summed E-state index contributed by atoms with van der Waals surface area (Å²) in [5, 5.41) is 12.3. The lowest BCUT2D eigenvalue weighted by atomic mass is 9.97. The summed E-state index contributed by atoms with van der Waals surface area (Å²) >= 11 is 1.93. The summed E-state index contributed by atoms with van der Waals surface area (Å²) in [6.07, 6.45) is 2.35.